The van der Waals surface area contributed by atoms with E-state index in [0.717, 1.165) is 5.01 Å². The Morgan fingerprint density at radius 1 is 0.956 bits per heavy atom. The number of methoxy groups -OCH3 is 1. The molecule has 6 atom stereocenters. The number of ether oxygens (including phenoxy) is 1. The molecule has 230 valence electrons. The van der Waals surface area contributed by atoms with Gasteiger partial charge in [0.15, 0.2) is 0 Å². The van der Waals surface area contributed by atoms with E-state index in [1.165, 1.54) is 37.4 Å². The summed E-state index contributed by atoms with van der Waals surface area (Å²) >= 11 is 6.27. The first-order valence-electron chi connectivity index (χ1n) is 14.4. The largest absolute Gasteiger partial charge is 0.508 e. The summed E-state index contributed by atoms with van der Waals surface area (Å²) in [5, 5.41) is 23.1. The van der Waals surface area contributed by atoms with E-state index in [9.17, 15) is 33.9 Å². The Morgan fingerprint density at radius 2 is 1.67 bits per heavy atom. The van der Waals surface area contributed by atoms with Gasteiger partial charge in [-0.3, -0.25) is 29.8 Å². The third kappa shape index (κ3) is 4.10. The Morgan fingerprint density at radius 3 is 2.36 bits per heavy atom. The van der Waals surface area contributed by atoms with Crippen LogP contribution in [0.25, 0.3) is 0 Å². The number of hydrogen-bond donors (Lipinski definition) is 3. The van der Waals surface area contributed by atoms with Crippen molar-refractivity contribution in [2.24, 2.45) is 23.7 Å². The molecular formula is C33H27ClFN3O7. The summed E-state index contributed by atoms with van der Waals surface area (Å²) in [5.74, 6) is -7.64. The predicted molar refractivity (Wildman–Crippen MR) is 157 cm³/mol. The van der Waals surface area contributed by atoms with Gasteiger partial charge < -0.3 is 9.84 Å². The van der Waals surface area contributed by atoms with Gasteiger partial charge in [-0.15, -0.1) is 0 Å². The second kappa shape index (κ2) is 10.4. The van der Waals surface area contributed by atoms with Crippen molar-refractivity contribution in [2.45, 2.75) is 24.2 Å². The van der Waals surface area contributed by atoms with E-state index < -0.39 is 64.5 Å². The van der Waals surface area contributed by atoms with E-state index in [0.29, 0.717) is 21.9 Å². The number of carbonyl (C=O) groups excluding carboxylic acids is 4. The highest BCUT2D eigenvalue weighted by atomic mass is 35.5. The smallest absolute Gasteiger partial charge is 0.260 e. The molecule has 3 aromatic rings. The fraction of sp³-hybridized carbons (Fsp3) is 0.273. The Bertz CT molecular complexity index is 1800. The topological polar surface area (TPSA) is 136 Å². The number of hydrogen-bond acceptors (Lipinski definition) is 8. The van der Waals surface area contributed by atoms with Crippen molar-refractivity contribution in [1.29, 1.82) is 0 Å². The van der Waals surface area contributed by atoms with Crippen LogP contribution in [-0.4, -0.2) is 51.1 Å². The number of carbonyl (C=O) groups is 4. The molecule has 0 unspecified atom stereocenters. The molecule has 2 saturated heterocycles. The van der Waals surface area contributed by atoms with Gasteiger partial charge in [0.1, 0.15) is 17.3 Å². The maximum absolute atomic E-state index is 15.0. The van der Waals surface area contributed by atoms with Gasteiger partial charge in [0.05, 0.1) is 36.0 Å². The van der Waals surface area contributed by atoms with E-state index in [2.05, 4.69) is 5.43 Å². The molecule has 4 amide bonds. The van der Waals surface area contributed by atoms with Gasteiger partial charge >= 0.3 is 0 Å². The van der Waals surface area contributed by atoms with Crippen LogP contribution in [0.5, 0.6) is 11.5 Å². The van der Waals surface area contributed by atoms with Crippen molar-refractivity contribution in [1.82, 2.24) is 10.1 Å². The molecule has 0 radical (unpaired) electrons. The average molecular weight is 632 g/mol. The first-order chi connectivity index (χ1) is 21.6. The second-order valence-electron chi connectivity index (χ2n) is 11.8. The number of anilines is 1. The van der Waals surface area contributed by atoms with E-state index in [-0.39, 0.29) is 34.9 Å². The molecule has 1 saturated carbocycles. The van der Waals surface area contributed by atoms with Crippen molar-refractivity contribution >= 4 is 40.9 Å². The monoisotopic (exact) mass is 631 g/mol. The standard InChI is InChI=1S/C33H27ClFN3O7/c1-45-20-10-13-26(39)24(14-20)28-21-11-12-22-27(31(42)38(44)29(22)40)23(21)15-25-30(41)37(36-19-8-6-18(35)7-9-19)32(43)33(25,28)16-2-4-17(34)5-3-16/h2-11,13-14,22-23,25,27-28,36,39,44H,12,15H2,1H3/t22-,23+,25-,27-,28+,33+/m0/s1. The maximum Gasteiger partial charge on any atom is 0.260 e. The number of hydroxylamine groups is 2. The lowest BCUT2D eigenvalue weighted by molar-refractivity contribution is -0.173. The lowest BCUT2D eigenvalue weighted by Crippen LogP contribution is -2.53. The van der Waals surface area contributed by atoms with Gasteiger partial charge in [0, 0.05) is 16.5 Å². The molecule has 3 fully saturated rings. The molecule has 4 aliphatic rings. The zero-order valence-electron chi connectivity index (χ0n) is 23.8. The molecule has 10 nitrogen and oxygen atoms in total. The maximum atomic E-state index is 15.0. The molecule has 0 bridgehead atoms. The van der Waals surface area contributed by atoms with Crippen molar-refractivity contribution < 1.29 is 38.6 Å². The number of amides is 4. The van der Waals surface area contributed by atoms with Gasteiger partial charge in [-0.1, -0.05) is 35.4 Å². The number of imide groups is 2. The van der Waals surface area contributed by atoms with Crippen LogP contribution in [0.4, 0.5) is 10.1 Å². The molecule has 0 aromatic heterocycles. The predicted octanol–water partition coefficient (Wildman–Crippen LogP) is 4.57. The van der Waals surface area contributed by atoms with Gasteiger partial charge in [-0.05, 0) is 78.9 Å². The molecular weight excluding hydrogens is 605 g/mol. The number of halogens is 2. The SMILES string of the molecule is COc1ccc(O)c([C@H]2C3=CC[C@@H]4C(=O)N(O)C(=O)[C@@H]4[C@@H]3C[C@H]3C(=O)N(Nc4ccc(F)cc4)C(=O)[C@@]23c2ccc(Cl)cc2)c1. The van der Waals surface area contributed by atoms with Gasteiger partial charge in [-0.25, -0.2) is 4.39 Å². The number of hydrazine groups is 1. The Kier molecular flexibility index (Phi) is 6.72. The van der Waals surface area contributed by atoms with Gasteiger partial charge in [0.2, 0.25) is 0 Å². The highest BCUT2D eigenvalue weighted by Crippen LogP contribution is 2.65. The summed E-state index contributed by atoms with van der Waals surface area (Å²) in [5.41, 5.74) is 2.81. The number of fused-ring (bicyclic) bond motifs is 4. The van der Waals surface area contributed by atoms with Crippen LogP contribution in [0.3, 0.4) is 0 Å². The summed E-state index contributed by atoms with van der Waals surface area (Å²) in [6, 6.07) is 16.3. The summed E-state index contributed by atoms with van der Waals surface area (Å²) in [6.45, 7) is 0. The molecule has 3 aromatic carbocycles. The lowest BCUT2D eigenvalue weighted by Gasteiger charge is -2.50. The lowest BCUT2D eigenvalue weighted by atomic mass is 9.49. The summed E-state index contributed by atoms with van der Waals surface area (Å²) in [4.78, 5) is 55.6. The van der Waals surface area contributed by atoms with Crippen LogP contribution in [0, 0.1) is 29.5 Å². The fourth-order valence-corrected chi connectivity index (χ4v) is 8.00. The Labute approximate surface area is 261 Å². The van der Waals surface area contributed by atoms with Crippen LogP contribution in [0.1, 0.15) is 29.9 Å². The third-order valence-electron chi connectivity index (χ3n) is 9.78. The minimum atomic E-state index is -1.65. The van der Waals surface area contributed by atoms with Crippen LogP contribution < -0.4 is 10.2 Å². The third-order valence-corrected chi connectivity index (χ3v) is 10.0. The second-order valence-corrected chi connectivity index (χ2v) is 12.2. The Balaban J connectivity index is 1.49. The molecule has 0 spiro atoms. The molecule has 2 aliphatic carbocycles. The van der Waals surface area contributed by atoms with Gasteiger partial charge in [-0.2, -0.15) is 10.1 Å². The minimum Gasteiger partial charge on any atom is -0.508 e. The summed E-state index contributed by atoms with van der Waals surface area (Å²) in [6.07, 6.45) is 1.90. The molecule has 3 N–H and O–H groups in total. The fourth-order valence-electron chi connectivity index (χ4n) is 7.87. The van der Waals surface area contributed by atoms with Crippen molar-refractivity contribution in [3.63, 3.8) is 0 Å². The molecule has 2 aliphatic heterocycles. The highest BCUT2D eigenvalue weighted by Gasteiger charge is 2.70. The van der Waals surface area contributed by atoms with E-state index in [1.54, 1.807) is 42.5 Å². The number of benzene rings is 3. The normalized spacial score (nSPS) is 28.9. The van der Waals surface area contributed by atoms with Gasteiger partial charge in [0.25, 0.3) is 23.6 Å². The number of rotatable bonds is 5. The molecule has 45 heavy (non-hydrogen) atoms. The minimum absolute atomic E-state index is 0.00408. The van der Waals surface area contributed by atoms with Crippen LogP contribution >= 0.6 is 11.6 Å². The number of phenols is 1. The van der Waals surface area contributed by atoms with E-state index in [4.69, 9.17) is 16.3 Å². The highest BCUT2D eigenvalue weighted by molar-refractivity contribution is 6.30. The molecule has 7 rings (SSSR count). The van der Waals surface area contributed by atoms with Crippen LogP contribution in [0.15, 0.2) is 78.4 Å². The summed E-state index contributed by atoms with van der Waals surface area (Å²) in [7, 11) is 1.46. The average Bonchev–Trinajstić information content (AvgIpc) is 3.39. The first-order valence-corrected chi connectivity index (χ1v) is 14.8. The number of aromatic hydroxyl groups is 1. The number of phenolic OH excluding ortho intramolecular Hbond substituents is 1. The van der Waals surface area contributed by atoms with Crippen molar-refractivity contribution in [3.05, 3.63) is 100 Å². The molecule has 2 heterocycles. The van der Waals surface area contributed by atoms with E-state index in [1.807, 2.05) is 0 Å². The van der Waals surface area contributed by atoms with Crippen molar-refractivity contribution in [3.8, 4) is 11.5 Å². The number of allylic oxidation sites excluding steroid dienone is 2. The Hall–Kier alpha value is -4.74. The number of nitrogens with zero attached hydrogens (tertiary/aromatic N) is 2. The van der Waals surface area contributed by atoms with Crippen molar-refractivity contribution in [2.75, 3.05) is 12.5 Å². The van der Waals surface area contributed by atoms with Crippen LogP contribution in [0.2, 0.25) is 5.02 Å². The summed E-state index contributed by atoms with van der Waals surface area (Å²) < 4.78 is 19.2. The van der Waals surface area contributed by atoms with E-state index >= 15 is 0 Å². The molecule has 12 heteroatoms. The zero-order valence-corrected chi connectivity index (χ0v) is 24.6. The zero-order chi connectivity index (χ0) is 31.8. The quantitative estimate of drug-likeness (QED) is 0.212. The first kappa shape index (κ1) is 29.0. The number of nitrogens with one attached hydrogen (secondary N) is 1. The van der Waals surface area contributed by atoms with Crippen LogP contribution in [-0.2, 0) is 24.6 Å².